The molecule has 0 saturated carbocycles. The molecule has 0 radical (unpaired) electrons. The number of hydrogen-bond donors (Lipinski definition) is 1. The van der Waals surface area contributed by atoms with Gasteiger partial charge in [-0.2, -0.15) is 0 Å². The zero-order valence-electron chi connectivity index (χ0n) is 13.4. The molecule has 5 heteroatoms. The van der Waals surface area contributed by atoms with Crippen molar-refractivity contribution in [2.24, 2.45) is 0 Å². The Morgan fingerprint density at radius 1 is 1.04 bits per heavy atom. The fourth-order valence-corrected chi connectivity index (χ4v) is 3.28. The summed E-state index contributed by atoms with van der Waals surface area (Å²) in [7, 11) is 0. The molecule has 2 heterocycles. The van der Waals surface area contributed by atoms with Crippen molar-refractivity contribution in [3.8, 4) is 0 Å². The topological polar surface area (TPSA) is 45.2 Å². The molecule has 1 amide bonds. The predicted octanol–water partition coefficient (Wildman–Crippen LogP) is 4.68. The molecule has 0 bridgehead atoms. The Hall–Kier alpha value is -2.85. The maximum atomic E-state index is 12.3. The van der Waals surface area contributed by atoms with Crippen LogP contribution < -0.4 is 10.2 Å². The molecule has 0 unspecified atom stereocenters. The minimum absolute atomic E-state index is 0.266. The number of benzene rings is 2. The first-order chi connectivity index (χ1) is 12.2. The van der Waals surface area contributed by atoms with Crippen molar-refractivity contribution in [1.29, 1.82) is 0 Å². The summed E-state index contributed by atoms with van der Waals surface area (Å²) in [6.07, 6.45) is 2.81. The van der Waals surface area contributed by atoms with Gasteiger partial charge in [-0.15, -0.1) is 0 Å². The van der Waals surface area contributed by atoms with Crippen LogP contribution in [0.15, 0.2) is 66.9 Å². The Morgan fingerprint density at radius 3 is 2.64 bits per heavy atom. The highest BCUT2D eigenvalue weighted by molar-refractivity contribution is 6.34. The summed E-state index contributed by atoms with van der Waals surface area (Å²) in [4.78, 5) is 18.9. The second kappa shape index (κ2) is 6.57. The molecule has 1 aliphatic heterocycles. The van der Waals surface area contributed by atoms with Gasteiger partial charge >= 0.3 is 0 Å². The lowest BCUT2D eigenvalue weighted by atomic mass is 10.2. The lowest BCUT2D eigenvalue weighted by Crippen LogP contribution is -2.15. The maximum absolute atomic E-state index is 12.3. The smallest absolute Gasteiger partial charge is 0.258 e. The van der Waals surface area contributed by atoms with Crippen LogP contribution in [-0.2, 0) is 6.42 Å². The number of aromatic nitrogens is 1. The van der Waals surface area contributed by atoms with Crippen molar-refractivity contribution >= 4 is 34.7 Å². The number of carbonyl (C=O) groups is 1. The van der Waals surface area contributed by atoms with Crippen LogP contribution in [0.1, 0.15) is 15.9 Å². The Kier molecular flexibility index (Phi) is 4.12. The molecule has 124 valence electrons. The first-order valence-corrected chi connectivity index (χ1v) is 8.47. The molecule has 0 atom stereocenters. The fourth-order valence-electron chi connectivity index (χ4n) is 3.06. The molecule has 0 aliphatic carbocycles. The number of pyridine rings is 1. The molecule has 25 heavy (non-hydrogen) atoms. The third-order valence-corrected chi connectivity index (χ3v) is 4.64. The number of nitrogens with one attached hydrogen (secondary N) is 1. The van der Waals surface area contributed by atoms with Crippen LogP contribution >= 0.6 is 11.6 Å². The first kappa shape index (κ1) is 15.7. The van der Waals surface area contributed by atoms with Crippen molar-refractivity contribution in [3.05, 3.63) is 83.0 Å². The van der Waals surface area contributed by atoms with E-state index in [1.807, 2.05) is 18.2 Å². The molecular formula is C20H16ClN3O. The molecule has 0 spiro atoms. The van der Waals surface area contributed by atoms with E-state index < -0.39 is 0 Å². The zero-order chi connectivity index (χ0) is 17.2. The van der Waals surface area contributed by atoms with E-state index >= 15 is 0 Å². The van der Waals surface area contributed by atoms with E-state index in [1.54, 1.807) is 30.5 Å². The Balaban J connectivity index is 1.52. The first-order valence-electron chi connectivity index (χ1n) is 8.10. The van der Waals surface area contributed by atoms with Gasteiger partial charge in [0, 0.05) is 12.2 Å². The minimum Gasteiger partial charge on any atom is -0.340 e. The third kappa shape index (κ3) is 3.08. The van der Waals surface area contributed by atoms with Crippen LogP contribution in [0.2, 0.25) is 5.02 Å². The van der Waals surface area contributed by atoms with E-state index in [0.717, 1.165) is 18.7 Å². The number of rotatable bonds is 3. The van der Waals surface area contributed by atoms with Gasteiger partial charge in [-0.1, -0.05) is 41.9 Å². The van der Waals surface area contributed by atoms with Gasteiger partial charge in [0.05, 0.1) is 22.5 Å². The highest BCUT2D eigenvalue weighted by atomic mass is 35.5. The molecular weight excluding hydrogens is 334 g/mol. The minimum atomic E-state index is -0.266. The second-order valence-corrected chi connectivity index (χ2v) is 6.27. The van der Waals surface area contributed by atoms with E-state index in [2.05, 4.69) is 33.4 Å². The monoisotopic (exact) mass is 349 g/mol. The number of amides is 1. The maximum Gasteiger partial charge on any atom is 0.258 e. The van der Waals surface area contributed by atoms with Crippen molar-refractivity contribution < 1.29 is 4.79 Å². The van der Waals surface area contributed by atoms with Crippen molar-refractivity contribution in [3.63, 3.8) is 0 Å². The van der Waals surface area contributed by atoms with Crippen LogP contribution in [0.3, 0.4) is 0 Å². The van der Waals surface area contributed by atoms with Crippen LogP contribution in [0.5, 0.6) is 0 Å². The number of fused-ring (bicyclic) bond motifs is 1. The van der Waals surface area contributed by atoms with Crippen molar-refractivity contribution in [2.45, 2.75) is 6.42 Å². The molecule has 1 aromatic heterocycles. The number of anilines is 3. The van der Waals surface area contributed by atoms with Gasteiger partial charge in [0.2, 0.25) is 0 Å². The number of halogens is 1. The molecule has 0 fully saturated rings. The normalized spacial score (nSPS) is 12.8. The Morgan fingerprint density at radius 2 is 1.84 bits per heavy atom. The van der Waals surface area contributed by atoms with Gasteiger partial charge < -0.3 is 10.2 Å². The van der Waals surface area contributed by atoms with Crippen molar-refractivity contribution in [2.75, 3.05) is 16.8 Å². The molecule has 4 nitrogen and oxygen atoms in total. The largest absolute Gasteiger partial charge is 0.340 e. The van der Waals surface area contributed by atoms with Crippen LogP contribution in [0.25, 0.3) is 0 Å². The average molecular weight is 350 g/mol. The fraction of sp³-hybridized carbons (Fsp3) is 0.100. The summed E-state index contributed by atoms with van der Waals surface area (Å²) >= 11 is 6.06. The SMILES string of the molecule is O=C(Nc1ccc(N2CCc3ccccc32)cn1)c1ccccc1Cl. The molecule has 2 aromatic carbocycles. The summed E-state index contributed by atoms with van der Waals surface area (Å²) in [5.74, 6) is 0.235. The molecule has 4 rings (SSSR count). The number of nitrogens with zero attached hydrogens (tertiary/aromatic N) is 2. The van der Waals surface area contributed by atoms with Gasteiger partial charge in [0.15, 0.2) is 0 Å². The second-order valence-electron chi connectivity index (χ2n) is 5.87. The Labute approximate surface area is 151 Å². The lowest BCUT2D eigenvalue weighted by molar-refractivity contribution is 0.102. The van der Waals surface area contributed by atoms with E-state index in [4.69, 9.17) is 11.6 Å². The summed E-state index contributed by atoms with van der Waals surface area (Å²) < 4.78 is 0. The molecule has 0 saturated heterocycles. The number of para-hydroxylation sites is 1. The van der Waals surface area contributed by atoms with E-state index in [-0.39, 0.29) is 5.91 Å². The quantitative estimate of drug-likeness (QED) is 0.746. The van der Waals surface area contributed by atoms with Gasteiger partial charge in [-0.3, -0.25) is 4.79 Å². The number of hydrogen-bond acceptors (Lipinski definition) is 3. The Bertz CT molecular complexity index is 924. The summed E-state index contributed by atoms with van der Waals surface area (Å²) in [6.45, 7) is 0.937. The standard InChI is InChI=1S/C20H16ClN3O/c21-17-7-3-2-6-16(17)20(25)23-19-10-9-15(13-22-19)24-12-11-14-5-1-4-8-18(14)24/h1-10,13H,11-12H2,(H,22,23,25). The van der Waals surface area contributed by atoms with Crippen LogP contribution in [0.4, 0.5) is 17.2 Å². The van der Waals surface area contributed by atoms with Crippen LogP contribution in [0, 0.1) is 0 Å². The highest BCUT2D eigenvalue weighted by Crippen LogP contribution is 2.34. The number of carbonyl (C=O) groups excluding carboxylic acids is 1. The lowest BCUT2D eigenvalue weighted by Gasteiger charge is -2.19. The zero-order valence-corrected chi connectivity index (χ0v) is 14.2. The predicted molar refractivity (Wildman–Crippen MR) is 101 cm³/mol. The molecule has 1 aliphatic rings. The molecule has 3 aromatic rings. The average Bonchev–Trinajstić information content (AvgIpc) is 3.07. The van der Waals surface area contributed by atoms with E-state index in [0.29, 0.717) is 16.4 Å². The van der Waals surface area contributed by atoms with Crippen molar-refractivity contribution in [1.82, 2.24) is 4.98 Å². The van der Waals surface area contributed by atoms with Crippen LogP contribution in [-0.4, -0.2) is 17.4 Å². The summed E-state index contributed by atoms with van der Waals surface area (Å²) in [5.41, 5.74) is 4.01. The van der Waals surface area contributed by atoms with Gasteiger partial charge in [-0.05, 0) is 42.3 Å². The summed E-state index contributed by atoms with van der Waals surface area (Å²) in [5, 5.41) is 3.20. The van der Waals surface area contributed by atoms with E-state index in [9.17, 15) is 4.79 Å². The van der Waals surface area contributed by atoms with Gasteiger partial charge in [-0.25, -0.2) is 4.98 Å². The van der Waals surface area contributed by atoms with Gasteiger partial charge in [0.25, 0.3) is 5.91 Å². The van der Waals surface area contributed by atoms with E-state index in [1.165, 1.54) is 11.3 Å². The summed E-state index contributed by atoms with van der Waals surface area (Å²) in [6, 6.07) is 19.1. The van der Waals surface area contributed by atoms with Gasteiger partial charge in [0.1, 0.15) is 5.82 Å². The highest BCUT2D eigenvalue weighted by Gasteiger charge is 2.20. The third-order valence-electron chi connectivity index (χ3n) is 4.31. The molecule has 1 N–H and O–H groups in total.